The molecule has 4 rings (SSSR count). The van der Waals surface area contributed by atoms with Crippen molar-refractivity contribution in [2.45, 2.75) is 6.42 Å². The van der Waals surface area contributed by atoms with Gasteiger partial charge in [0.05, 0.1) is 26.5 Å². The average molecular weight is 410 g/mol. The summed E-state index contributed by atoms with van der Waals surface area (Å²) in [6.07, 6.45) is 4.86. The van der Waals surface area contributed by atoms with Gasteiger partial charge in [0.25, 0.3) is 0 Å². The van der Waals surface area contributed by atoms with Gasteiger partial charge in [-0.3, -0.25) is 0 Å². The van der Waals surface area contributed by atoms with Gasteiger partial charge in [-0.1, -0.05) is 41.9 Å². The average Bonchev–Trinajstić information content (AvgIpc) is 3.11. The van der Waals surface area contributed by atoms with Crippen molar-refractivity contribution in [3.63, 3.8) is 0 Å². The fraction of sp³-hybridized carbons (Fsp3) is 0.217. The molecule has 0 fully saturated rings. The molecule has 0 saturated heterocycles. The molecule has 0 amide bonds. The van der Waals surface area contributed by atoms with Crippen molar-refractivity contribution in [3.8, 4) is 11.5 Å². The fourth-order valence-electron chi connectivity index (χ4n) is 3.53. The molecular weight excluding hydrogens is 386 g/mol. The number of hydrogen-bond acceptors (Lipinski definition) is 5. The van der Waals surface area contributed by atoms with E-state index in [2.05, 4.69) is 39.8 Å². The number of methoxy groups -OCH3 is 2. The van der Waals surface area contributed by atoms with Crippen LogP contribution in [0.15, 0.2) is 77.4 Å². The van der Waals surface area contributed by atoms with Crippen LogP contribution in [-0.4, -0.2) is 32.2 Å². The van der Waals surface area contributed by atoms with Crippen molar-refractivity contribution < 1.29 is 9.47 Å². The normalized spacial score (nSPS) is 15.3. The molecule has 0 atom stereocenters. The predicted octanol–water partition coefficient (Wildman–Crippen LogP) is 4.05. The standard InChI is InChI=1S/C23H24ClN3O2/c1-28-19-10-8-17(14-20(19)29-2)22-23(25-13-12-16-6-4-3-5-7-16)27-15-18(24)9-11-21(27)26-22/h3-11,14,25-26H,12-13,15H2,1-2H3. The lowest BCUT2D eigenvalue weighted by Gasteiger charge is -2.25. The first-order chi connectivity index (χ1) is 14.2. The summed E-state index contributed by atoms with van der Waals surface area (Å²) in [5.41, 5.74) is 3.30. The van der Waals surface area contributed by atoms with Crippen LogP contribution in [0.1, 0.15) is 11.1 Å². The van der Waals surface area contributed by atoms with Gasteiger partial charge in [0.15, 0.2) is 11.5 Å². The van der Waals surface area contributed by atoms with Crippen molar-refractivity contribution in [2.75, 3.05) is 27.3 Å². The molecule has 29 heavy (non-hydrogen) atoms. The lowest BCUT2D eigenvalue weighted by Crippen LogP contribution is -2.32. The summed E-state index contributed by atoms with van der Waals surface area (Å²) in [5, 5.41) is 7.93. The second kappa shape index (κ2) is 8.53. The molecule has 2 aliphatic rings. The third-order valence-electron chi connectivity index (χ3n) is 5.00. The third-order valence-corrected chi connectivity index (χ3v) is 5.25. The molecular formula is C23H24ClN3O2. The zero-order valence-electron chi connectivity index (χ0n) is 16.5. The Morgan fingerprint density at radius 2 is 1.83 bits per heavy atom. The highest BCUT2D eigenvalue weighted by Gasteiger charge is 2.30. The Kier molecular flexibility index (Phi) is 5.67. The number of nitrogens with one attached hydrogen (secondary N) is 2. The highest BCUT2D eigenvalue weighted by molar-refractivity contribution is 6.30. The van der Waals surface area contributed by atoms with Crippen LogP contribution in [0.25, 0.3) is 5.70 Å². The largest absolute Gasteiger partial charge is 0.493 e. The molecule has 2 aromatic carbocycles. The lowest BCUT2D eigenvalue weighted by atomic mass is 10.1. The Balaban J connectivity index is 1.63. The summed E-state index contributed by atoms with van der Waals surface area (Å²) < 4.78 is 10.9. The van der Waals surface area contributed by atoms with Crippen LogP contribution in [-0.2, 0) is 6.42 Å². The number of halogens is 1. The van der Waals surface area contributed by atoms with Crippen molar-refractivity contribution in [1.82, 2.24) is 15.5 Å². The van der Waals surface area contributed by atoms with E-state index in [1.807, 2.05) is 36.4 Å². The number of ether oxygens (including phenoxy) is 2. The van der Waals surface area contributed by atoms with Gasteiger partial charge in [0.1, 0.15) is 11.6 Å². The number of nitrogens with zero attached hydrogens (tertiary/aromatic N) is 1. The Morgan fingerprint density at radius 3 is 2.59 bits per heavy atom. The summed E-state index contributed by atoms with van der Waals surface area (Å²) in [5.74, 6) is 3.40. The van der Waals surface area contributed by atoms with Gasteiger partial charge in [0, 0.05) is 17.1 Å². The number of fused-ring (bicyclic) bond motifs is 1. The topological polar surface area (TPSA) is 45.8 Å². The maximum Gasteiger partial charge on any atom is 0.161 e. The second-order valence-electron chi connectivity index (χ2n) is 6.83. The van der Waals surface area contributed by atoms with Crippen LogP contribution in [0.2, 0.25) is 0 Å². The van der Waals surface area contributed by atoms with E-state index in [-0.39, 0.29) is 0 Å². The minimum atomic E-state index is 0.630. The summed E-state index contributed by atoms with van der Waals surface area (Å²) in [7, 11) is 3.28. The molecule has 0 unspecified atom stereocenters. The van der Waals surface area contributed by atoms with E-state index in [4.69, 9.17) is 21.1 Å². The Bertz CT molecular complexity index is 983. The van der Waals surface area contributed by atoms with E-state index in [1.54, 1.807) is 14.2 Å². The molecule has 2 aromatic rings. The van der Waals surface area contributed by atoms with Gasteiger partial charge in [-0.05, 0) is 42.3 Å². The van der Waals surface area contributed by atoms with Crippen molar-refractivity contribution in [2.24, 2.45) is 0 Å². The molecule has 0 aliphatic carbocycles. The summed E-state index contributed by atoms with van der Waals surface area (Å²) in [6.45, 7) is 1.44. The maximum absolute atomic E-state index is 6.32. The Labute approximate surface area is 176 Å². The van der Waals surface area contributed by atoms with E-state index in [0.717, 1.165) is 40.9 Å². The van der Waals surface area contributed by atoms with Gasteiger partial charge in [-0.15, -0.1) is 0 Å². The van der Waals surface area contributed by atoms with E-state index in [0.29, 0.717) is 18.0 Å². The van der Waals surface area contributed by atoms with Gasteiger partial charge >= 0.3 is 0 Å². The zero-order valence-corrected chi connectivity index (χ0v) is 17.3. The Morgan fingerprint density at radius 1 is 1.03 bits per heavy atom. The van der Waals surface area contributed by atoms with Crippen LogP contribution < -0.4 is 20.1 Å². The third kappa shape index (κ3) is 4.05. The molecule has 0 spiro atoms. The van der Waals surface area contributed by atoms with Crippen LogP contribution in [0.3, 0.4) is 0 Å². The molecule has 2 N–H and O–H groups in total. The van der Waals surface area contributed by atoms with Crippen molar-refractivity contribution in [3.05, 3.63) is 88.5 Å². The zero-order chi connectivity index (χ0) is 20.2. The molecule has 0 radical (unpaired) electrons. The van der Waals surface area contributed by atoms with Crippen molar-refractivity contribution in [1.29, 1.82) is 0 Å². The molecule has 0 aromatic heterocycles. The first-order valence-corrected chi connectivity index (χ1v) is 9.93. The molecule has 0 saturated carbocycles. The number of benzene rings is 2. The number of rotatable bonds is 7. The highest BCUT2D eigenvalue weighted by atomic mass is 35.5. The summed E-state index contributed by atoms with van der Waals surface area (Å²) in [6, 6.07) is 16.4. The minimum Gasteiger partial charge on any atom is -0.493 e. The van der Waals surface area contributed by atoms with E-state index >= 15 is 0 Å². The fourth-order valence-corrected chi connectivity index (χ4v) is 3.72. The first-order valence-electron chi connectivity index (χ1n) is 9.55. The molecule has 2 aliphatic heterocycles. The SMILES string of the molecule is COc1ccc(C2=C(NCCc3ccccc3)N3CC(Cl)=CC=C3N2)cc1OC. The quantitative estimate of drug-likeness (QED) is 0.722. The van der Waals surface area contributed by atoms with Crippen LogP contribution in [0, 0.1) is 0 Å². The van der Waals surface area contributed by atoms with Crippen LogP contribution in [0.5, 0.6) is 11.5 Å². The number of allylic oxidation sites excluding steroid dienone is 2. The lowest BCUT2D eigenvalue weighted by molar-refractivity contribution is 0.355. The number of hydrogen-bond donors (Lipinski definition) is 2. The monoisotopic (exact) mass is 409 g/mol. The smallest absolute Gasteiger partial charge is 0.161 e. The molecule has 2 heterocycles. The second-order valence-corrected chi connectivity index (χ2v) is 7.32. The molecule has 5 nitrogen and oxygen atoms in total. The van der Waals surface area contributed by atoms with E-state index in [9.17, 15) is 0 Å². The first kappa shape index (κ1) is 19.3. The minimum absolute atomic E-state index is 0.630. The van der Waals surface area contributed by atoms with Gasteiger partial charge in [0.2, 0.25) is 0 Å². The van der Waals surface area contributed by atoms with Crippen molar-refractivity contribution >= 4 is 17.3 Å². The Hall–Kier alpha value is -3.05. The molecule has 0 bridgehead atoms. The molecule has 150 valence electrons. The predicted molar refractivity (Wildman–Crippen MR) is 116 cm³/mol. The highest BCUT2D eigenvalue weighted by Crippen LogP contribution is 2.35. The van der Waals surface area contributed by atoms with Gasteiger partial charge in [-0.25, -0.2) is 0 Å². The summed E-state index contributed by atoms with van der Waals surface area (Å²) in [4.78, 5) is 2.17. The van der Waals surface area contributed by atoms with Crippen LogP contribution >= 0.6 is 11.6 Å². The molecule has 6 heteroatoms. The van der Waals surface area contributed by atoms with Gasteiger partial charge in [-0.2, -0.15) is 0 Å². The van der Waals surface area contributed by atoms with Crippen LogP contribution in [0.4, 0.5) is 0 Å². The summed E-state index contributed by atoms with van der Waals surface area (Å²) >= 11 is 6.32. The van der Waals surface area contributed by atoms with Gasteiger partial charge < -0.3 is 25.0 Å². The maximum atomic E-state index is 6.32. The van der Waals surface area contributed by atoms with E-state index in [1.165, 1.54) is 5.56 Å². The van der Waals surface area contributed by atoms with E-state index < -0.39 is 0 Å².